The molecule has 0 aromatic heterocycles. The Bertz CT molecular complexity index is 19.2. The summed E-state index contributed by atoms with van der Waals surface area (Å²) in [5.74, 6) is 0. The van der Waals surface area contributed by atoms with Crippen molar-refractivity contribution in [2.45, 2.75) is 0 Å². The van der Waals surface area contributed by atoms with Gasteiger partial charge in [-0.15, -0.1) is 0 Å². The van der Waals surface area contributed by atoms with Crippen LogP contribution in [0.4, 0.5) is 0 Å². The van der Waals surface area contributed by atoms with Gasteiger partial charge in [0.2, 0.25) is 0 Å². The molecule has 0 saturated carbocycles. The molecule has 0 aliphatic carbocycles. The quantitative estimate of drug-likeness (QED) is 0.362. The zero-order valence-electron chi connectivity index (χ0n) is 5.51. The molecule has 0 aromatic rings. The first kappa shape index (κ1) is 40.6. The van der Waals surface area contributed by atoms with Crippen molar-refractivity contribution in [2.24, 2.45) is 0 Å². The van der Waals surface area contributed by atoms with E-state index in [0.717, 1.165) is 0 Å². The maximum absolute atomic E-state index is 0. The predicted molar refractivity (Wildman–Crippen MR) is 19.0 cm³/mol. The number of hydrogen-bond acceptors (Lipinski definition) is 0. The summed E-state index contributed by atoms with van der Waals surface area (Å²) in [4.78, 5) is 0. The minimum atomic E-state index is 0. The van der Waals surface area contributed by atoms with E-state index < -0.39 is 0 Å². The normalized spacial score (nSPS) is 0. The summed E-state index contributed by atoms with van der Waals surface area (Å²) in [5.41, 5.74) is 0. The Morgan fingerprint density at radius 1 is 1.20 bits per heavy atom. The second-order valence-corrected chi connectivity index (χ2v) is 0. The van der Waals surface area contributed by atoms with Gasteiger partial charge < -0.3 is 4.28 Å². The molecule has 0 N–H and O–H groups in total. The number of hydrogen-bond donors (Lipinski definition) is 0. The van der Waals surface area contributed by atoms with Crippen molar-refractivity contribution in [2.75, 3.05) is 0 Å². The van der Waals surface area contributed by atoms with Gasteiger partial charge in [0.25, 0.3) is 0 Å². The first-order valence-corrected chi connectivity index (χ1v) is 0. The van der Waals surface area contributed by atoms with Crippen molar-refractivity contribution >= 4 is 40.4 Å². The van der Waals surface area contributed by atoms with E-state index in [1.807, 2.05) is 0 Å². The molecule has 0 spiro atoms. The summed E-state index contributed by atoms with van der Waals surface area (Å²) in [6.45, 7) is 0. The molecule has 0 heterocycles. The van der Waals surface area contributed by atoms with Crippen molar-refractivity contribution in [3.05, 3.63) is 0 Å². The summed E-state index contributed by atoms with van der Waals surface area (Å²) in [6.07, 6.45) is 0. The second-order valence-electron chi connectivity index (χ2n) is 0. The Morgan fingerprint density at radius 3 is 1.20 bits per heavy atom. The molecule has 5 heteroatoms. The molecule has 0 amide bonds. The molecule has 0 bridgehead atoms. The van der Waals surface area contributed by atoms with E-state index in [-0.39, 0.29) is 107 Å². The Morgan fingerprint density at radius 2 is 1.20 bits per heavy atom. The fourth-order valence-electron chi connectivity index (χ4n) is 0. The minimum Gasteiger partial charge on any atom is -1.00 e. The van der Waals surface area contributed by atoms with Gasteiger partial charge in [0.15, 0.2) is 17.4 Å². The largest absolute Gasteiger partial charge is 2.00 e. The van der Waals surface area contributed by atoms with Gasteiger partial charge in [-0.3, -0.25) is 0 Å². The predicted octanol–water partition coefficient (Wildman–Crippen LogP) is -4.23. The van der Waals surface area contributed by atoms with Gasteiger partial charge in [0.05, 0.1) is 0 Å². The van der Waals surface area contributed by atoms with Crippen LogP contribution < -0.4 is 18.9 Å². The van der Waals surface area contributed by atoms with Crippen molar-refractivity contribution in [1.82, 2.24) is 0 Å². The van der Waals surface area contributed by atoms with Gasteiger partial charge >= 0.3 is 41.9 Å². The SMILES string of the molecule is [AlH3].[Cu].[H-].[H-].[H-].[Li+].[Mg+2].[Zr]. The van der Waals surface area contributed by atoms with Gasteiger partial charge in [0, 0.05) is 43.3 Å². The van der Waals surface area contributed by atoms with Crippen LogP contribution >= 0.6 is 0 Å². The third kappa shape index (κ3) is 18.8. The summed E-state index contributed by atoms with van der Waals surface area (Å²) in [6, 6.07) is 0. The monoisotopic (exact) mass is 217 g/mol. The van der Waals surface area contributed by atoms with E-state index >= 15 is 0 Å². The van der Waals surface area contributed by atoms with E-state index in [1.54, 1.807) is 0 Å². The zero-order valence-corrected chi connectivity index (χ0v) is 7.32. The van der Waals surface area contributed by atoms with Crippen molar-refractivity contribution < 1.29 is 66.4 Å². The Balaban J connectivity index is 0. The molecular formula is H6AlCuLiMgZr. The summed E-state index contributed by atoms with van der Waals surface area (Å²) >= 11 is 0. The number of rotatable bonds is 0. The van der Waals surface area contributed by atoms with Crippen molar-refractivity contribution in [3.63, 3.8) is 0 Å². The second kappa shape index (κ2) is 26.6. The molecule has 0 aliphatic rings. The average molecular weight is 219 g/mol. The average Bonchev–Trinajstić information content (AvgIpc) is 0. The van der Waals surface area contributed by atoms with E-state index in [4.69, 9.17) is 0 Å². The third-order valence-electron chi connectivity index (χ3n) is 0. The maximum atomic E-state index is 0. The van der Waals surface area contributed by atoms with Gasteiger partial charge in [-0.05, 0) is 0 Å². The van der Waals surface area contributed by atoms with Crippen molar-refractivity contribution in [3.8, 4) is 0 Å². The summed E-state index contributed by atoms with van der Waals surface area (Å²) in [7, 11) is 0. The molecule has 1 radical (unpaired) electrons. The van der Waals surface area contributed by atoms with E-state index in [2.05, 4.69) is 0 Å². The van der Waals surface area contributed by atoms with E-state index in [9.17, 15) is 0 Å². The van der Waals surface area contributed by atoms with Crippen LogP contribution in [0.2, 0.25) is 0 Å². The smallest absolute Gasteiger partial charge is 1.00 e. The Kier molecular flexibility index (Phi) is 216. The maximum Gasteiger partial charge on any atom is 2.00 e. The molecule has 0 fully saturated rings. The van der Waals surface area contributed by atoms with Crippen LogP contribution in [-0.4, -0.2) is 40.4 Å². The Hall–Kier alpha value is 3.30. The molecular weight excluding hydrogens is 213 g/mol. The van der Waals surface area contributed by atoms with Crippen LogP contribution in [0.1, 0.15) is 4.28 Å². The van der Waals surface area contributed by atoms with Crippen LogP contribution in [0.5, 0.6) is 0 Å². The molecule has 5 heavy (non-hydrogen) atoms. The molecule has 0 atom stereocenters. The zero-order chi connectivity index (χ0) is 0. The fourth-order valence-corrected chi connectivity index (χ4v) is 0. The molecule has 0 aromatic carbocycles. The molecule has 0 nitrogen and oxygen atoms in total. The molecule has 0 aliphatic heterocycles. The van der Waals surface area contributed by atoms with Crippen LogP contribution in [0.25, 0.3) is 0 Å². The third-order valence-corrected chi connectivity index (χ3v) is 0. The van der Waals surface area contributed by atoms with Gasteiger partial charge in [-0.1, -0.05) is 0 Å². The van der Waals surface area contributed by atoms with Crippen molar-refractivity contribution in [1.29, 1.82) is 0 Å². The molecule has 0 rings (SSSR count). The van der Waals surface area contributed by atoms with E-state index in [0.29, 0.717) is 0 Å². The van der Waals surface area contributed by atoms with Gasteiger partial charge in [0.1, 0.15) is 0 Å². The molecule has 0 unspecified atom stereocenters. The van der Waals surface area contributed by atoms with Crippen LogP contribution in [0.15, 0.2) is 0 Å². The Labute approximate surface area is 105 Å². The topological polar surface area (TPSA) is 0 Å². The molecule has 27 valence electrons. The van der Waals surface area contributed by atoms with Crippen LogP contribution in [0.3, 0.4) is 0 Å². The fraction of sp³-hybridized carbons (Fsp3) is 0. The standard InChI is InChI=1S/Al.Cu.Li.Mg.Zr.6H/q;;+1;+2;;;;;3*-1. The van der Waals surface area contributed by atoms with Gasteiger partial charge in [-0.25, -0.2) is 0 Å². The van der Waals surface area contributed by atoms with Crippen LogP contribution in [0, 0.1) is 0 Å². The summed E-state index contributed by atoms with van der Waals surface area (Å²) in [5, 5.41) is 0. The first-order valence-electron chi connectivity index (χ1n) is 0. The first-order chi connectivity index (χ1) is 0. The van der Waals surface area contributed by atoms with Crippen LogP contribution in [-0.2, 0) is 43.3 Å². The summed E-state index contributed by atoms with van der Waals surface area (Å²) < 4.78 is 0. The van der Waals surface area contributed by atoms with Gasteiger partial charge in [-0.2, -0.15) is 0 Å². The molecule has 0 saturated heterocycles. The van der Waals surface area contributed by atoms with E-state index in [1.165, 1.54) is 0 Å². The minimum absolute atomic E-state index is 0.